The minimum absolute atomic E-state index is 0.197. The van der Waals surface area contributed by atoms with Crippen LogP contribution in [0.3, 0.4) is 0 Å². The molecular weight excluding hydrogens is 441 g/mol. The predicted molar refractivity (Wildman–Crippen MR) is 122 cm³/mol. The van der Waals surface area contributed by atoms with Gasteiger partial charge < -0.3 is 23.6 Å². The number of carbonyl (C=O) groups is 1. The number of hydrogen-bond acceptors (Lipinski definition) is 7. The Morgan fingerprint density at radius 2 is 1.97 bits per heavy atom. The van der Waals surface area contributed by atoms with Gasteiger partial charge in [-0.25, -0.2) is 9.18 Å². The summed E-state index contributed by atoms with van der Waals surface area (Å²) in [5.74, 6) is 2.29. The molecule has 3 aromatic rings. The number of carbonyl (C=O) groups excluding carboxylic acids is 1. The number of aromatic nitrogens is 1. The summed E-state index contributed by atoms with van der Waals surface area (Å²) in [5, 5.41) is 7.89. The van der Waals surface area contributed by atoms with Crippen molar-refractivity contribution >= 4 is 22.7 Å². The summed E-state index contributed by atoms with van der Waals surface area (Å²) in [7, 11) is 0. The van der Waals surface area contributed by atoms with Crippen LogP contribution < -0.4 is 14.8 Å². The Hall–Kier alpha value is -3.33. The van der Waals surface area contributed by atoms with Crippen molar-refractivity contribution in [2.45, 2.75) is 25.2 Å². The number of anilines is 1. The van der Waals surface area contributed by atoms with Gasteiger partial charge in [-0.1, -0.05) is 5.16 Å². The molecule has 6 rings (SSSR count). The SMILES string of the molecule is O=C(Nc1ccc2c(c1)OCO2)OC[C@H]1C[C@@H]1CN1CCC(c2noc3cc(F)ccc23)CC1. The van der Waals surface area contributed by atoms with Crippen LogP contribution in [-0.4, -0.2) is 49.2 Å². The fourth-order valence-corrected chi connectivity index (χ4v) is 4.99. The van der Waals surface area contributed by atoms with Crippen LogP contribution in [0.5, 0.6) is 11.5 Å². The van der Waals surface area contributed by atoms with Gasteiger partial charge in [-0.2, -0.15) is 0 Å². The summed E-state index contributed by atoms with van der Waals surface area (Å²) < 4.78 is 34.8. The van der Waals surface area contributed by atoms with E-state index in [1.165, 1.54) is 12.1 Å². The molecule has 0 unspecified atom stereocenters. The Labute approximate surface area is 195 Å². The second-order valence-electron chi connectivity index (χ2n) is 9.33. The highest BCUT2D eigenvalue weighted by Gasteiger charge is 2.40. The summed E-state index contributed by atoms with van der Waals surface area (Å²) in [5.41, 5.74) is 2.08. The van der Waals surface area contributed by atoms with Crippen LogP contribution in [0, 0.1) is 17.7 Å². The molecule has 2 atom stereocenters. The average molecular weight is 467 g/mol. The van der Waals surface area contributed by atoms with E-state index in [0.717, 1.165) is 50.0 Å². The first-order chi connectivity index (χ1) is 16.6. The Kier molecular flexibility index (Phi) is 5.49. The number of hydrogen-bond donors (Lipinski definition) is 1. The Morgan fingerprint density at radius 1 is 1.12 bits per heavy atom. The smallest absolute Gasteiger partial charge is 0.411 e. The van der Waals surface area contributed by atoms with Crippen molar-refractivity contribution < 1.29 is 27.9 Å². The molecule has 1 N–H and O–H groups in total. The molecule has 1 aromatic heterocycles. The van der Waals surface area contributed by atoms with Crippen molar-refractivity contribution in [2.24, 2.45) is 11.8 Å². The van der Waals surface area contributed by atoms with Gasteiger partial charge in [-0.05, 0) is 68.5 Å². The molecule has 1 saturated carbocycles. The molecule has 34 heavy (non-hydrogen) atoms. The van der Waals surface area contributed by atoms with E-state index >= 15 is 0 Å². The summed E-state index contributed by atoms with van der Waals surface area (Å²) >= 11 is 0. The molecule has 3 aliphatic rings. The number of amides is 1. The van der Waals surface area contributed by atoms with Crippen molar-refractivity contribution in [3.8, 4) is 11.5 Å². The second-order valence-corrected chi connectivity index (χ2v) is 9.33. The number of piperidine rings is 1. The van der Waals surface area contributed by atoms with Gasteiger partial charge in [0.15, 0.2) is 17.1 Å². The lowest BCUT2D eigenvalue weighted by Gasteiger charge is -2.31. The van der Waals surface area contributed by atoms with Crippen LogP contribution >= 0.6 is 0 Å². The number of rotatable bonds is 6. The molecule has 1 saturated heterocycles. The van der Waals surface area contributed by atoms with Crippen molar-refractivity contribution in [3.63, 3.8) is 0 Å². The normalized spacial score (nSPS) is 22.1. The lowest BCUT2D eigenvalue weighted by Crippen LogP contribution is -2.35. The van der Waals surface area contributed by atoms with E-state index in [-0.39, 0.29) is 12.6 Å². The zero-order chi connectivity index (χ0) is 23.1. The zero-order valence-electron chi connectivity index (χ0n) is 18.7. The summed E-state index contributed by atoms with van der Waals surface area (Å²) in [4.78, 5) is 14.6. The molecule has 1 amide bonds. The molecule has 0 spiro atoms. The summed E-state index contributed by atoms with van der Waals surface area (Å²) in [6, 6.07) is 9.88. The van der Waals surface area contributed by atoms with E-state index in [0.29, 0.717) is 47.1 Å². The third-order valence-corrected chi connectivity index (χ3v) is 7.05. The second kappa shape index (κ2) is 8.79. The molecule has 178 valence electrons. The van der Waals surface area contributed by atoms with Crippen LogP contribution in [0.2, 0.25) is 0 Å². The van der Waals surface area contributed by atoms with E-state index in [9.17, 15) is 9.18 Å². The van der Waals surface area contributed by atoms with Gasteiger partial charge >= 0.3 is 6.09 Å². The average Bonchev–Trinajstić information content (AvgIpc) is 3.21. The van der Waals surface area contributed by atoms with Gasteiger partial charge in [0.05, 0.1) is 12.3 Å². The molecule has 1 aliphatic carbocycles. The number of fused-ring (bicyclic) bond motifs is 2. The van der Waals surface area contributed by atoms with Crippen LogP contribution in [-0.2, 0) is 4.74 Å². The first kappa shape index (κ1) is 21.2. The van der Waals surface area contributed by atoms with Crippen LogP contribution in [0.4, 0.5) is 14.9 Å². The molecular formula is C25H26FN3O5. The lowest BCUT2D eigenvalue weighted by molar-refractivity contribution is 0.149. The standard InChI is InChI=1S/C25H26FN3O5/c26-18-1-3-20-22(10-18)34-28-24(20)15-5-7-29(8-6-15)12-16-9-17(16)13-31-25(30)27-19-2-4-21-23(11-19)33-14-32-21/h1-4,10-11,15-17H,5-9,12-14H2,(H,27,30)/t16-,17-/m1/s1. The molecule has 0 bridgehead atoms. The third-order valence-electron chi connectivity index (χ3n) is 7.05. The maximum Gasteiger partial charge on any atom is 0.411 e. The number of benzene rings is 2. The van der Waals surface area contributed by atoms with E-state index < -0.39 is 6.09 Å². The molecule has 9 heteroatoms. The van der Waals surface area contributed by atoms with Crippen LogP contribution in [0.15, 0.2) is 40.9 Å². The van der Waals surface area contributed by atoms with E-state index in [1.807, 2.05) is 0 Å². The lowest BCUT2D eigenvalue weighted by atomic mass is 9.91. The number of nitrogens with one attached hydrogen (secondary N) is 1. The van der Waals surface area contributed by atoms with Crippen molar-refractivity contribution in [1.82, 2.24) is 10.1 Å². The van der Waals surface area contributed by atoms with Crippen LogP contribution in [0.25, 0.3) is 11.0 Å². The minimum atomic E-state index is -0.454. The maximum absolute atomic E-state index is 13.4. The summed E-state index contributed by atoms with van der Waals surface area (Å²) in [6.45, 7) is 3.64. The van der Waals surface area contributed by atoms with Crippen molar-refractivity contribution in [3.05, 3.63) is 47.9 Å². The van der Waals surface area contributed by atoms with Gasteiger partial charge in [-0.3, -0.25) is 5.32 Å². The fraction of sp³-hybridized carbons (Fsp3) is 0.440. The fourth-order valence-electron chi connectivity index (χ4n) is 4.99. The topological polar surface area (TPSA) is 86.1 Å². The first-order valence-electron chi connectivity index (χ1n) is 11.7. The molecule has 0 radical (unpaired) electrons. The molecule has 8 nitrogen and oxygen atoms in total. The monoisotopic (exact) mass is 467 g/mol. The van der Waals surface area contributed by atoms with Crippen LogP contribution in [0.1, 0.15) is 30.9 Å². The molecule has 3 heterocycles. The van der Waals surface area contributed by atoms with Crippen molar-refractivity contribution in [1.29, 1.82) is 0 Å². The van der Waals surface area contributed by atoms with Gasteiger partial charge in [0.1, 0.15) is 5.82 Å². The summed E-state index contributed by atoms with van der Waals surface area (Å²) in [6.07, 6.45) is 2.64. The Bertz CT molecular complexity index is 1210. The zero-order valence-corrected chi connectivity index (χ0v) is 18.7. The van der Waals surface area contributed by atoms with Crippen molar-refractivity contribution in [2.75, 3.05) is 38.4 Å². The van der Waals surface area contributed by atoms with Gasteiger partial charge in [0.25, 0.3) is 0 Å². The molecule has 2 aromatic carbocycles. The maximum atomic E-state index is 13.4. The van der Waals surface area contributed by atoms with Gasteiger partial charge in [0.2, 0.25) is 6.79 Å². The highest BCUT2D eigenvalue weighted by Crippen LogP contribution is 2.41. The first-order valence-corrected chi connectivity index (χ1v) is 11.7. The predicted octanol–water partition coefficient (Wildman–Crippen LogP) is 4.76. The van der Waals surface area contributed by atoms with Gasteiger partial charge in [0, 0.05) is 35.7 Å². The molecule has 2 fully saturated rings. The number of nitrogens with zero attached hydrogens (tertiary/aromatic N) is 2. The Morgan fingerprint density at radius 3 is 2.85 bits per heavy atom. The van der Waals surface area contributed by atoms with Gasteiger partial charge in [-0.15, -0.1) is 0 Å². The van der Waals surface area contributed by atoms with E-state index in [4.69, 9.17) is 18.7 Å². The van der Waals surface area contributed by atoms with E-state index in [1.54, 1.807) is 24.3 Å². The molecule has 2 aliphatic heterocycles. The number of ether oxygens (including phenoxy) is 3. The Balaban J connectivity index is 0.930. The number of halogens is 1. The minimum Gasteiger partial charge on any atom is -0.454 e. The third kappa shape index (κ3) is 4.40. The largest absolute Gasteiger partial charge is 0.454 e. The highest BCUT2D eigenvalue weighted by atomic mass is 19.1. The quantitative estimate of drug-likeness (QED) is 0.559. The highest BCUT2D eigenvalue weighted by molar-refractivity contribution is 5.85. The number of likely N-dealkylation sites (tertiary alicyclic amines) is 1. The van der Waals surface area contributed by atoms with E-state index in [2.05, 4.69) is 15.4 Å².